The van der Waals surface area contributed by atoms with Gasteiger partial charge in [-0.25, -0.2) is 9.97 Å². The molecule has 0 bridgehead atoms. The number of hydrogen-bond acceptors (Lipinski definition) is 2. The zero-order valence-corrected chi connectivity index (χ0v) is 6.99. The lowest BCUT2D eigenvalue weighted by molar-refractivity contribution is 1.16. The minimum Gasteiger partial charge on any atom is -0.244 e. The first-order chi connectivity index (χ1) is 5.29. The van der Waals surface area contributed by atoms with Crippen molar-refractivity contribution < 1.29 is 0 Å². The average Bonchev–Trinajstić information content (AvgIpc) is 2.03. The second kappa shape index (κ2) is 4.09. The van der Waals surface area contributed by atoms with Crippen molar-refractivity contribution in [1.82, 2.24) is 9.97 Å². The van der Waals surface area contributed by atoms with E-state index in [9.17, 15) is 0 Å². The van der Waals surface area contributed by atoms with Crippen LogP contribution in [0.15, 0.2) is 24.8 Å². The molecule has 0 aliphatic carbocycles. The Kier molecular flexibility index (Phi) is 3.05. The van der Waals surface area contributed by atoms with Gasteiger partial charge in [0.05, 0.1) is 0 Å². The minimum atomic E-state index is 0.0511. The topological polar surface area (TPSA) is 25.8 Å². The molecule has 0 N–H and O–H groups in total. The molecule has 0 aliphatic rings. The highest BCUT2D eigenvalue weighted by molar-refractivity contribution is 6.21. The van der Waals surface area contributed by atoms with Crippen LogP contribution in [-0.2, 0) is 0 Å². The number of nitrogens with zero attached hydrogens (tertiary/aromatic N) is 2. The summed E-state index contributed by atoms with van der Waals surface area (Å²) in [7, 11) is 0. The third-order valence-electron chi connectivity index (χ3n) is 1.13. The summed E-state index contributed by atoms with van der Waals surface area (Å²) in [6.07, 6.45) is 8.77. The number of allylic oxidation sites excluding steroid dienone is 1. The molecule has 0 radical (unpaired) electrons. The van der Waals surface area contributed by atoms with Crippen LogP contribution >= 0.6 is 11.6 Å². The van der Waals surface area contributed by atoms with Crippen molar-refractivity contribution in [2.24, 2.45) is 0 Å². The normalized spacial score (nSPS) is 13.6. The van der Waals surface area contributed by atoms with Gasteiger partial charge in [-0.1, -0.05) is 12.2 Å². The molecule has 0 amide bonds. The fourth-order valence-corrected chi connectivity index (χ4v) is 0.713. The largest absolute Gasteiger partial charge is 0.244 e. The van der Waals surface area contributed by atoms with Crippen LogP contribution in [0.25, 0.3) is 6.08 Å². The SMILES string of the molecule is CC(Cl)/C=C/c1cncnc1. The van der Waals surface area contributed by atoms with Gasteiger partial charge in [-0.2, -0.15) is 0 Å². The van der Waals surface area contributed by atoms with E-state index in [1.165, 1.54) is 6.33 Å². The molecule has 11 heavy (non-hydrogen) atoms. The van der Waals surface area contributed by atoms with Gasteiger partial charge in [0.25, 0.3) is 0 Å². The molecule has 1 atom stereocenters. The van der Waals surface area contributed by atoms with E-state index >= 15 is 0 Å². The maximum atomic E-state index is 5.70. The van der Waals surface area contributed by atoms with Crippen LogP contribution in [0.3, 0.4) is 0 Å². The Balaban J connectivity index is 2.65. The van der Waals surface area contributed by atoms with E-state index in [1.54, 1.807) is 12.4 Å². The van der Waals surface area contributed by atoms with E-state index in [0.717, 1.165) is 5.56 Å². The third-order valence-corrected chi connectivity index (χ3v) is 1.28. The molecule has 0 saturated carbocycles. The molecule has 0 spiro atoms. The Morgan fingerprint density at radius 1 is 1.45 bits per heavy atom. The van der Waals surface area contributed by atoms with E-state index in [4.69, 9.17) is 11.6 Å². The van der Waals surface area contributed by atoms with Crippen molar-refractivity contribution in [3.8, 4) is 0 Å². The van der Waals surface area contributed by atoms with Crippen molar-refractivity contribution in [2.75, 3.05) is 0 Å². The van der Waals surface area contributed by atoms with Crippen LogP contribution in [-0.4, -0.2) is 15.3 Å². The fraction of sp³-hybridized carbons (Fsp3) is 0.250. The second-order valence-electron chi connectivity index (χ2n) is 2.21. The molecule has 3 heteroatoms. The minimum absolute atomic E-state index is 0.0511. The van der Waals surface area contributed by atoms with Gasteiger partial charge in [0, 0.05) is 23.3 Å². The van der Waals surface area contributed by atoms with Crippen LogP contribution in [0, 0.1) is 0 Å². The Morgan fingerprint density at radius 2 is 2.09 bits per heavy atom. The molecular formula is C8H9ClN2. The Morgan fingerprint density at radius 3 is 2.64 bits per heavy atom. The highest BCUT2D eigenvalue weighted by atomic mass is 35.5. The molecule has 2 nitrogen and oxygen atoms in total. The van der Waals surface area contributed by atoms with Crippen LogP contribution < -0.4 is 0 Å². The Hall–Kier alpha value is -0.890. The predicted octanol–water partition coefficient (Wildman–Crippen LogP) is 2.12. The van der Waals surface area contributed by atoms with Crippen LogP contribution in [0.5, 0.6) is 0 Å². The average molecular weight is 169 g/mol. The molecule has 0 aromatic carbocycles. The van der Waals surface area contributed by atoms with Crippen LogP contribution in [0.4, 0.5) is 0 Å². The van der Waals surface area contributed by atoms with Gasteiger partial charge in [0.2, 0.25) is 0 Å². The third kappa shape index (κ3) is 3.14. The van der Waals surface area contributed by atoms with Gasteiger partial charge >= 0.3 is 0 Å². The number of rotatable bonds is 2. The molecule has 1 heterocycles. The summed E-state index contributed by atoms with van der Waals surface area (Å²) in [5, 5.41) is 0.0511. The molecule has 0 saturated heterocycles. The van der Waals surface area contributed by atoms with Crippen LogP contribution in [0.1, 0.15) is 12.5 Å². The summed E-state index contributed by atoms with van der Waals surface area (Å²) in [4.78, 5) is 7.71. The highest BCUT2D eigenvalue weighted by Gasteiger charge is 1.87. The molecule has 58 valence electrons. The van der Waals surface area contributed by atoms with Gasteiger partial charge < -0.3 is 0 Å². The predicted molar refractivity (Wildman–Crippen MR) is 46.4 cm³/mol. The Bertz CT molecular complexity index is 231. The van der Waals surface area contributed by atoms with E-state index < -0.39 is 0 Å². The molecule has 1 aromatic rings. The maximum Gasteiger partial charge on any atom is 0.115 e. The van der Waals surface area contributed by atoms with Crippen molar-refractivity contribution in [1.29, 1.82) is 0 Å². The van der Waals surface area contributed by atoms with Gasteiger partial charge in [0.1, 0.15) is 6.33 Å². The number of halogens is 1. The molecule has 0 aliphatic heterocycles. The smallest absolute Gasteiger partial charge is 0.115 e. The Labute approximate surface area is 70.9 Å². The van der Waals surface area contributed by atoms with E-state index in [1.807, 2.05) is 19.1 Å². The fourth-order valence-electron chi connectivity index (χ4n) is 0.640. The van der Waals surface area contributed by atoms with Crippen molar-refractivity contribution in [3.05, 3.63) is 30.4 Å². The van der Waals surface area contributed by atoms with Crippen molar-refractivity contribution >= 4 is 17.7 Å². The summed E-state index contributed by atoms with van der Waals surface area (Å²) >= 11 is 5.70. The first-order valence-corrected chi connectivity index (χ1v) is 3.80. The quantitative estimate of drug-likeness (QED) is 0.633. The number of hydrogen-bond donors (Lipinski definition) is 0. The van der Waals surface area contributed by atoms with Crippen LogP contribution in [0.2, 0.25) is 0 Å². The van der Waals surface area contributed by atoms with Gasteiger partial charge in [-0.05, 0) is 6.92 Å². The highest BCUT2D eigenvalue weighted by Crippen LogP contribution is 2.01. The molecule has 1 rings (SSSR count). The lowest BCUT2D eigenvalue weighted by atomic mass is 10.3. The van der Waals surface area contributed by atoms with Gasteiger partial charge in [0.15, 0.2) is 0 Å². The monoisotopic (exact) mass is 168 g/mol. The second-order valence-corrected chi connectivity index (χ2v) is 2.90. The van der Waals surface area contributed by atoms with Crippen molar-refractivity contribution in [3.63, 3.8) is 0 Å². The molecular weight excluding hydrogens is 160 g/mol. The lowest BCUT2D eigenvalue weighted by Gasteiger charge is -1.91. The van der Waals surface area contributed by atoms with Crippen molar-refractivity contribution in [2.45, 2.75) is 12.3 Å². The molecule has 1 unspecified atom stereocenters. The summed E-state index contributed by atoms with van der Waals surface area (Å²) < 4.78 is 0. The summed E-state index contributed by atoms with van der Waals surface area (Å²) in [6, 6.07) is 0. The van der Waals surface area contributed by atoms with E-state index in [0.29, 0.717) is 0 Å². The standard InChI is InChI=1S/C8H9ClN2/c1-7(9)2-3-8-4-10-6-11-5-8/h2-7H,1H3/b3-2+. The first-order valence-electron chi connectivity index (χ1n) is 3.36. The maximum absolute atomic E-state index is 5.70. The summed E-state index contributed by atoms with van der Waals surface area (Å²) in [5.41, 5.74) is 0.972. The molecule has 0 fully saturated rings. The molecule has 1 aromatic heterocycles. The van der Waals surface area contributed by atoms with E-state index in [-0.39, 0.29) is 5.38 Å². The van der Waals surface area contributed by atoms with E-state index in [2.05, 4.69) is 9.97 Å². The zero-order chi connectivity index (χ0) is 8.10. The van der Waals surface area contributed by atoms with Gasteiger partial charge in [-0.15, -0.1) is 11.6 Å². The zero-order valence-electron chi connectivity index (χ0n) is 6.24. The first kappa shape index (κ1) is 8.21. The summed E-state index contributed by atoms with van der Waals surface area (Å²) in [5.74, 6) is 0. The lowest BCUT2D eigenvalue weighted by Crippen LogP contribution is -1.82. The van der Waals surface area contributed by atoms with Gasteiger partial charge in [-0.3, -0.25) is 0 Å². The number of alkyl halides is 1. The number of aromatic nitrogens is 2. The summed E-state index contributed by atoms with van der Waals surface area (Å²) in [6.45, 7) is 1.90.